The van der Waals surface area contributed by atoms with E-state index in [0.717, 1.165) is 25.7 Å². The molecule has 0 aromatic rings. The number of fused-ring (bicyclic) bond motifs is 3. The van der Waals surface area contributed by atoms with Gasteiger partial charge in [-0.15, -0.1) is 0 Å². The predicted octanol–water partition coefficient (Wildman–Crippen LogP) is 4.29. The molecule has 10 heteroatoms. The summed E-state index contributed by atoms with van der Waals surface area (Å²) >= 11 is 0. The summed E-state index contributed by atoms with van der Waals surface area (Å²) in [6, 6.07) is -0.883. The van der Waals surface area contributed by atoms with E-state index < -0.39 is 58.3 Å². The number of allylic oxidation sites excluding steroid dienone is 1. The number of carboxylic acid groups (broad SMARTS) is 1. The van der Waals surface area contributed by atoms with Crippen molar-refractivity contribution >= 4 is 17.9 Å². The maximum absolute atomic E-state index is 13.3. The Labute approximate surface area is 281 Å². The van der Waals surface area contributed by atoms with E-state index >= 15 is 0 Å². The lowest BCUT2D eigenvalue weighted by molar-refractivity contribution is -0.263. The first-order chi connectivity index (χ1) is 21.9. The van der Waals surface area contributed by atoms with Crippen LogP contribution in [0.4, 0.5) is 0 Å². The second-order valence-corrected chi connectivity index (χ2v) is 17.2. The summed E-state index contributed by atoms with van der Waals surface area (Å²) in [7, 11) is 0. The van der Waals surface area contributed by atoms with Crippen LogP contribution < -0.4 is 16.8 Å². The molecule has 1 saturated heterocycles. The molecule has 0 radical (unpaired) electrons. The van der Waals surface area contributed by atoms with Crippen molar-refractivity contribution in [3.63, 3.8) is 0 Å². The van der Waals surface area contributed by atoms with Gasteiger partial charge in [0.1, 0.15) is 18.2 Å². The molecule has 266 valence electrons. The molecular formula is C37H61N3O7. The summed E-state index contributed by atoms with van der Waals surface area (Å²) in [6.45, 7) is 19.1. The highest BCUT2D eigenvalue weighted by Crippen LogP contribution is 2.75. The summed E-state index contributed by atoms with van der Waals surface area (Å²) in [6.07, 6.45) is 5.85. The minimum absolute atomic E-state index is 0.139. The van der Waals surface area contributed by atoms with Gasteiger partial charge in [0.15, 0.2) is 0 Å². The van der Waals surface area contributed by atoms with E-state index in [1.165, 1.54) is 12.5 Å². The fourth-order valence-electron chi connectivity index (χ4n) is 11.8. The average Bonchev–Trinajstić information content (AvgIpc) is 2.98. The largest absolute Gasteiger partial charge is 0.481 e. The van der Waals surface area contributed by atoms with Gasteiger partial charge in [0.2, 0.25) is 0 Å². The molecule has 47 heavy (non-hydrogen) atoms. The van der Waals surface area contributed by atoms with Gasteiger partial charge in [0.05, 0.1) is 19.1 Å². The second kappa shape index (κ2) is 12.7. The highest BCUT2D eigenvalue weighted by atomic mass is 16.6. The molecule has 5 aliphatic rings. The highest BCUT2D eigenvalue weighted by molar-refractivity contribution is 5.76. The molecule has 3 saturated carbocycles. The molecule has 0 amide bonds. The first-order valence-corrected chi connectivity index (χ1v) is 18.0. The molecule has 6 N–H and O–H groups in total. The summed E-state index contributed by atoms with van der Waals surface area (Å²) < 4.78 is 18.7. The highest BCUT2D eigenvalue weighted by Gasteiger charge is 2.72. The monoisotopic (exact) mass is 659 g/mol. The number of ether oxygens (including phenoxy) is 3. The molecule has 10 nitrogen and oxygen atoms in total. The molecule has 1 heterocycles. The molecule has 4 aliphatic carbocycles. The molecule has 2 bridgehead atoms. The molecule has 0 aromatic carbocycles. The van der Waals surface area contributed by atoms with Gasteiger partial charge >= 0.3 is 17.9 Å². The van der Waals surface area contributed by atoms with Crippen LogP contribution in [0, 0.1) is 56.7 Å². The van der Waals surface area contributed by atoms with Crippen LogP contribution in [0.15, 0.2) is 11.6 Å². The Morgan fingerprint density at radius 2 is 1.77 bits per heavy atom. The smallest absolute Gasteiger partial charge is 0.324 e. The lowest BCUT2D eigenvalue weighted by Crippen LogP contribution is -2.70. The van der Waals surface area contributed by atoms with Crippen molar-refractivity contribution in [2.24, 2.45) is 68.1 Å². The van der Waals surface area contributed by atoms with Crippen molar-refractivity contribution in [3.8, 4) is 0 Å². The van der Waals surface area contributed by atoms with Gasteiger partial charge in [-0.25, -0.2) is 0 Å². The van der Waals surface area contributed by atoms with Crippen molar-refractivity contribution in [1.82, 2.24) is 5.32 Å². The van der Waals surface area contributed by atoms with Crippen molar-refractivity contribution in [3.05, 3.63) is 11.6 Å². The fourth-order valence-corrected chi connectivity index (χ4v) is 11.8. The number of carbonyl (C=O) groups is 3. The van der Waals surface area contributed by atoms with Gasteiger partial charge in [-0.3, -0.25) is 14.4 Å². The van der Waals surface area contributed by atoms with Crippen LogP contribution in [0.5, 0.6) is 0 Å². The number of hydrogen-bond acceptors (Lipinski definition) is 9. The van der Waals surface area contributed by atoms with Crippen molar-refractivity contribution in [2.75, 3.05) is 32.8 Å². The van der Waals surface area contributed by atoms with Crippen LogP contribution in [0.1, 0.15) is 93.9 Å². The number of hydrogen-bond donors (Lipinski definition) is 4. The van der Waals surface area contributed by atoms with E-state index in [-0.39, 0.29) is 35.1 Å². The average molecular weight is 660 g/mol. The molecule has 0 spiro atoms. The lowest BCUT2D eigenvalue weighted by Gasteiger charge is -2.71. The maximum atomic E-state index is 13.3. The Morgan fingerprint density at radius 3 is 2.38 bits per heavy atom. The third-order valence-electron chi connectivity index (χ3n) is 14.6. The Hall–Kier alpha value is -2.01. The fraction of sp³-hybridized carbons (Fsp3) is 0.865. The zero-order chi connectivity index (χ0) is 34.7. The number of rotatable bonds is 10. The van der Waals surface area contributed by atoms with E-state index in [1.54, 1.807) is 0 Å². The molecule has 4 fully saturated rings. The van der Waals surface area contributed by atoms with Crippen molar-refractivity contribution < 1.29 is 33.7 Å². The Bertz CT molecular complexity index is 1270. The van der Waals surface area contributed by atoms with Crippen molar-refractivity contribution in [2.45, 2.75) is 112 Å². The van der Waals surface area contributed by atoms with E-state index in [0.29, 0.717) is 45.1 Å². The van der Waals surface area contributed by atoms with Crippen LogP contribution in [0.25, 0.3) is 0 Å². The number of carboxylic acids is 1. The zero-order valence-electron chi connectivity index (χ0n) is 30.0. The van der Waals surface area contributed by atoms with Crippen LogP contribution in [-0.2, 0) is 28.6 Å². The Balaban J connectivity index is 1.54. The minimum atomic E-state index is -0.883. The van der Waals surface area contributed by atoms with Crippen LogP contribution in [0.2, 0.25) is 0 Å². The van der Waals surface area contributed by atoms with Crippen LogP contribution in [0.3, 0.4) is 0 Å². The van der Waals surface area contributed by atoms with Gasteiger partial charge in [-0.05, 0) is 78.4 Å². The zero-order valence-corrected chi connectivity index (χ0v) is 30.0. The standard InChI is InChI=1S/C37H61N3O7/c1-21(2)22(3)33(5)13-14-35(7)24-9-10-28-34(6)19-45-20-37(28,25(24)11-12-36(35,8)29(33)31(42)43)17-27(46-23(4)41)30(34)47-32(44)26(39)18-40-16-15-38/h11,21-22,24,26-30,40H,9-10,12-20,38-39H2,1-8H3,(H,42,43)/t22-,24+,26?,27-,28+,29-,30+,33-,34+,35-,36+,37+/m1/s1. The van der Waals surface area contributed by atoms with Gasteiger partial charge in [0.25, 0.3) is 0 Å². The van der Waals surface area contributed by atoms with E-state index in [2.05, 4.69) is 59.9 Å². The Kier molecular flexibility index (Phi) is 9.81. The van der Waals surface area contributed by atoms with Gasteiger partial charge in [0, 0.05) is 37.4 Å². The summed E-state index contributed by atoms with van der Waals surface area (Å²) in [4.78, 5) is 39.2. The third kappa shape index (κ3) is 5.48. The normalized spacial score (nSPS) is 43.8. The quantitative estimate of drug-likeness (QED) is 0.151. The first-order valence-electron chi connectivity index (χ1n) is 18.0. The SMILES string of the molecule is CC(=O)O[C@@H]1C[C@@]23COC[C@@](C)([C@@H]2CC[C@H]2C3=CC[C@@]3(C)[C@H](C(=O)O)[C@@](C)([C@H](C)C(C)C)CC[C@]23C)[C@H]1OC(=O)C(N)CNCCN. The molecule has 1 aliphatic heterocycles. The summed E-state index contributed by atoms with van der Waals surface area (Å²) in [5, 5.41) is 14.0. The van der Waals surface area contributed by atoms with E-state index in [9.17, 15) is 19.5 Å². The Morgan fingerprint density at radius 1 is 1.06 bits per heavy atom. The number of aliphatic carboxylic acids is 1. The first kappa shape index (κ1) is 36.3. The van der Waals surface area contributed by atoms with E-state index in [4.69, 9.17) is 25.7 Å². The number of carbonyl (C=O) groups excluding carboxylic acids is 2. The maximum Gasteiger partial charge on any atom is 0.324 e. The van der Waals surface area contributed by atoms with Gasteiger partial charge in [-0.2, -0.15) is 0 Å². The second-order valence-electron chi connectivity index (χ2n) is 17.2. The third-order valence-corrected chi connectivity index (χ3v) is 14.6. The molecule has 5 rings (SSSR count). The number of nitrogens with one attached hydrogen (secondary N) is 1. The van der Waals surface area contributed by atoms with Crippen LogP contribution in [-0.4, -0.2) is 74.1 Å². The summed E-state index contributed by atoms with van der Waals surface area (Å²) in [5.74, 6) is -1.13. The lowest BCUT2D eigenvalue weighted by atomic mass is 9.34. The van der Waals surface area contributed by atoms with Crippen molar-refractivity contribution in [1.29, 1.82) is 0 Å². The molecule has 1 unspecified atom stereocenters. The van der Waals surface area contributed by atoms with Gasteiger partial charge in [-0.1, -0.05) is 60.1 Å². The predicted molar refractivity (Wildman–Crippen MR) is 179 cm³/mol. The molecule has 0 aromatic heterocycles. The van der Waals surface area contributed by atoms with Gasteiger partial charge < -0.3 is 36.1 Å². The van der Waals surface area contributed by atoms with Crippen LogP contribution >= 0.6 is 0 Å². The topological polar surface area (TPSA) is 163 Å². The van der Waals surface area contributed by atoms with E-state index in [1.807, 2.05) is 0 Å². The number of nitrogens with two attached hydrogens (primary N) is 2. The molecule has 12 atom stereocenters. The molecular weight excluding hydrogens is 598 g/mol. The summed E-state index contributed by atoms with van der Waals surface area (Å²) in [5.41, 5.74) is 11.2. The minimum Gasteiger partial charge on any atom is -0.481 e. The number of esters is 2.